The van der Waals surface area contributed by atoms with Crippen molar-refractivity contribution in [1.29, 1.82) is 0 Å². The summed E-state index contributed by atoms with van der Waals surface area (Å²) in [6.45, 7) is 8.03. The SMILES string of the molecule is CCOC(=O)c1cnc(NCC(O)(CC)CC)nc1C. The molecule has 0 aliphatic carbocycles. The molecule has 1 rings (SSSR count). The third-order valence-electron chi connectivity index (χ3n) is 3.37. The predicted octanol–water partition coefficient (Wildman–Crippen LogP) is 1.92. The van der Waals surface area contributed by atoms with Gasteiger partial charge in [0.25, 0.3) is 0 Å². The number of nitrogens with zero attached hydrogens (tertiary/aromatic N) is 2. The molecule has 1 aromatic rings. The van der Waals surface area contributed by atoms with E-state index in [1.54, 1.807) is 13.8 Å². The standard InChI is InChI=1S/C14H23N3O3/c1-5-14(19,6-2)9-16-13-15-8-11(10(4)17-13)12(18)20-7-3/h8,19H,5-7,9H2,1-4H3,(H,15,16,17). The Morgan fingerprint density at radius 2 is 2.05 bits per heavy atom. The Balaban J connectivity index is 2.75. The van der Waals surface area contributed by atoms with Crippen LogP contribution in [0.4, 0.5) is 5.95 Å². The molecule has 112 valence electrons. The molecule has 6 heteroatoms. The van der Waals surface area contributed by atoms with Crippen molar-refractivity contribution in [2.75, 3.05) is 18.5 Å². The van der Waals surface area contributed by atoms with Gasteiger partial charge in [-0.15, -0.1) is 0 Å². The van der Waals surface area contributed by atoms with E-state index in [0.717, 1.165) is 0 Å². The van der Waals surface area contributed by atoms with E-state index in [0.29, 0.717) is 43.2 Å². The maximum atomic E-state index is 11.6. The van der Waals surface area contributed by atoms with Gasteiger partial charge in [-0.25, -0.2) is 14.8 Å². The Hall–Kier alpha value is -1.69. The number of hydrogen-bond donors (Lipinski definition) is 2. The average molecular weight is 281 g/mol. The quantitative estimate of drug-likeness (QED) is 0.743. The van der Waals surface area contributed by atoms with Gasteiger partial charge in [-0.1, -0.05) is 13.8 Å². The zero-order valence-electron chi connectivity index (χ0n) is 12.6. The second-order valence-electron chi connectivity index (χ2n) is 4.70. The van der Waals surface area contributed by atoms with E-state index in [1.165, 1.54) is 6.20 Å². The molecule has 2 N–H and O–H groups in total. The van der Waals surface area contributed by atoms with Crippen LogP contribution in [0.5, 0.6) is 0 Å². The van der Waals surface area contributed by atoms with Crippen LogP contribution in [-0.4, -0.2) is 39.8 Å². The Kier molecular flexibility index (Phi) is 5.88. The Labute approximate surface area is 119 Å². The minimum atomic E-state index is -0.767. The van der Waals surface area contributed by atoms with E-state index in [2.05, 4.69) is 15.3 Å². The van der Waals surface area contributed by atoms with Gasteiger partial charge in [0.1, 0.15) is 0 Å². The van der Waals surface area contributed by atoms with Gasteiger partial charge in [-0.2, -0.15) is 0 Å². The van der Waals surface area contributed by atoms with Gasteiger partial charge < -0.3 is 15.2 Å². The van der Waals surface area contributed by atoms with Gasteiger partial charge in [-0.3, -0.25) is 0 Å². The number of carbonyl (C=O) groups excluding carboxylic acids is 1. The number of ether oxygens (including phenoxy) is 1. The van der Waals surface area contributed by atoms with Crippen LogP contribution < -0.4 is 5.32 Å². The molecule has 1 heterocycles. The summed E-state index contributed by atoms with van der Waals surface area (Å²) in [4.78, 5) is 19.9. The number of carbonyl (C=O) groups is 1. The van der Waals surface area contributed by atoms with E-state index >= 15 is 0 Å². The fourth-order valence-electron chi connectivity index (χ4n) is 1.71. The zero-order chi connectivity index (χ0) is 15.2. The van der Waals surface area contributed by atoms with Gasteiger partial charge >= 0.3 is 5.97 Å². The van der Waals surface area contributed by atoms with Crippen LogP contribution in [0.25, 0.3) is 0 Å². The molecule has 20 heavy (non-hydrogen) atoms. The van der Waals surface area contributed by atoms with Crippen LogP contribution in [0.3, 0.4) is 0 Å². The first-order valence-electron chi connectivity index (χ1n) is 6.92. The van der Waals surface area contributed by atoms with Crippen LogP contribution in [-0.2, 0) is 4.74 Å². The second kappa shape index (κ2) is 7.19. The van der Waals surface area contributed by atoms with E-state index in [9.17, 15) is 9.90 Å². The van der Waals surface area contributed by atoms with Crippen molar-refractivity contribution in [3.8, 4) is 0 Å². The van der Waals surface area contributed by atoms with Crippen LogP contribution in [0, 0.1) is 6.92 Å². The van der Waals surface area contributed by atoms with Crippen molar-refractivity contribution in [3.05, 3.63) is 17.5 Å². The third kappa shape index (κ3) is 4.16. The topological polar surface area (TPSA) is 84.3 Å². The van der Waals surface area contributed by atoms with Crippen LogP contribution >= 0.6 is 0 Å². The first-order chi connectivity index (χ1) is 9.45. The summed E-state index contributed by atoms with van der Waals surface area (Å²) in [6, 6.07) is 0. The smallest absolute Gasteiger partial charge is 0.341 e. The van der Waals surface area contributed by atoms with Crippen molar-refractivity contribution >= 4 is 11.9 Å². The molecule has 6 nitrogen and oxygen atoms in total. The number of aromatic nitrogens is 2. The van der Waals surface area contributed by atoms with E-state index in [-0.39, 0.29) is 0 Å². The lowest BCUT2D eigenvalue weighted by molar-refractivity contribution is 0.0454. The lowest BCUT2D eigenvalue weighted by Crippen LogP contribution is -2.35. The number of aryl methyl sites for hydroxylation is 1. The number of anilines is 1. The molecule has 0 fully saturated rings. The summed E-state index contributed by atoms with van der Waals surface area (Å²) in [5.41, 5.74) is 0.146. The van der Waals surface area contributed by atoms with Crippen molar-refractivity contribution in [1.82, 2.24) is 9.97 Å². The molecule has 0 amide bonds. The van der Waals surface area contributed by atoms with Gasteiger partial charge in [0.05, 0.1) is 23.5 Å². The summed E-state index contributed by atoms with van der Waals surface area (Å²) in [7, 11) is 0. The largest absolute Gasteiger partial charge is 0.462 e. The number of rotatable bonds is 7. The fourth-order valence-corrected chi connectivity index (χ4v) is 1.71. The molecule has 0 aromatic carbocycles. The molecule has 0 spiro atoms. The number of nitrogens with one attached hydrogen (secondary N) is 1. The first-order valence-corrected chi connectivity index (χ1v) is 6.92. The van der Waals surface area contributed by atoms with E-state index in [1.807, 2.05) is 13.8 Å². The lowest BCUT2D eigenvalue weighted by Gasteiger charge is -2.25. The van der Waals surface area contributed by atoms with Crippen LogP contribution in [0.2, 0.25) is 0 Å². The molecule has 1 aromatic heterocycles. The minimum absolute atomic E-state index is 0.318. The van der Waals surface area contributed by atoms with Crippen LogP contribution in [0.1, 0.15) is 49.7 Å². The molecule has 0 unspecified atom stereocenters. The summed E-state index contributed by atoms with van der Waals surface area (Å²) in [5, 5.41) is 13.2. The number of hydrogen-bond acceptors (Lipinski definition) is 6. The Morgan fingerprint density at radius 1 is 1.40 bits per heavy atom. The minimum Gasteiger partial charge on any atom is -0.462 e. The highest BCUT2D eigenvalue weighted by molar-refractivity contribution is 5.90. The van der Waals surface area contributed by atoms with E-state index < -0.39 is 11.6 Å². The maximum absolute atomic E-state index is 11.6. The second-order valence-corrected chi connectivity index (χ2v) is 4.70. The van der Waals surface area contributed by atoms with Gasteiger partial charge in [0, 0.05) is 12.7 Å². The van der Waals surface area contributed by atoms with Gasteiger partial charge in [0.15, 0.2) is 0 Å². The Morgan fingerprint density at radius 3 is 2.55 bits per heavy atom. The highest BCUT2D eigenvalue weighted by Gasteiger charge is 2.22. The molecular formula is C14H23N3O3. The lowest BCUT2D eigenvalue weighted by atomic mass is 9.98. The zero-order valence-corrected chi connectivity index (χ0v) is 12.6. The molecule has 0 saturated heterocycles. The molecule has 0 saturated carbocycles. The third-order valence-corrected chi connectivity index (χ3v) is 3.37. The van der Waals surface area contributed by atoms with Crippen molar-refractivity contribution < 1.29 is 14.6 Å². The predicted molar refractivity (Wildman–Crippen MR) is 76.7 cm³/mol. The highest BCUT2D eigenvalue weighted by atomic mass is 16.5. The average Bonchev–Trinajstić information content (AvgIpc) is 2.45. The summed E-state index contributed by atoms with van der Waals surface area (Å²) >= 11 is 0. The number of aliphatic hydroxyl groups is 1. The normalized spacial score (nSPS) is 11.2. The van der Waals surface area contributed by atoms with Crippen molar-refractivity contribution in [2.24, 2.45) is 0 Å². The molecular weight excluding hydrogens is 258 g/mol. The first kappa shape index (κ1) is 16.4. The molecule has 0 atom stereocenters. The summed E-state index contributed by atoms with van der Waals surface area (Å²) in [5.74, 6) is -0.0222. The summed E-state index contributed by atoms with van der Waals surface area (Å²) in [6.07, 6.45) is 2.74. The maximum Gasteiger partial charge on any atom is 0.341 e. The number of esters is 1. The van der Waals surface area contributed by atoms with Crippen LogP contribution in [0.15, 0.2) is 6.20 Å². The van der Waals surface area contributed by atoms with Gasteiger partial charge in [-0.05, 0) is 26.7 Å². The Bertz CT molecular complexity index is 459. The van der Waals surface area contributed by atoms with Gasteiger partial charge in [0.2, 0.25) is 5.95 Å². The molecule has 0 aliphatic heterocycles. The fraction of sp³-hybridized carbons (Fsp3) is 0.643. The highest BCUT2D eigenvalue weighted by Crippen LogP contribution is 2.15. The van der Waals surface area contributed by atoms with Crippen molar-refractivity contribution in [2.45, 2.75) is 46.1 Å². The molecule has 0 aliphatic rings. The monoisotopic (exact) mass is 281 g/mol. The summed E-state index contributed by atoms with van der Waals surface area (Å²) < 4.78 is 4.92. The molecule has 0 radical (unpaired) electrons. The molecule has 0 bridgehead atoms. The van der Waals surface area contributed by atoms with E-state index in [4.69, 9.17) is 4.74 Å². The van der Waals surface area contributed by atoms with Crippen molar-refractivity contribution in [3.63, 3.8) is 0 Å².